The molecule has 0 aliphatic carbocycles. The molecule has 0 amide bonds. The molecule has 0 fully saturated rings. The summed E-state index contributed by atoms with van der Waals surface area (Å²) in [4.78, 5) is 13.4. The van der Waals surface area contributed by atoms with E-state index in [9.17, 15) is 10.0 Å². The molecule has 0 radical (unpaired) electrons. The van der Waals surface area contributed by atoms with Gasteiger partial charge >= 0.3 is 0 Å². The van der Waals surface area contributed by atoms with E-state index in [-0.39, 0.29) is 12.1 Å². The van der Waals surface area contributed by atoms with Crippen molar-refractivity contribution in [1.82, 2.24) is 9.78 Å². The van der Waals surface area contributed by atoms with E-state index in [1.54, 1.807) is 14.2 Å². The third-order valence-corrected chi connectivity index (χ3v) is 5.49. The lowest BCUT2D eigenvalue weighted by atomic mass is 10.0. The van der Waals surface area contributed by atoms with Crippen molar-refractivity contribution in [1.29, 1.82) is 0 Å². The molecule has 172 valence electrons. The second-order valence-electron chi connectivity index (χ2n) is 7.66. The van der Waals surface area contributed by atoms with Gasteiger partial charge in [-0.05, 0) is 23.8 Å². The third kappa shape index (κ3) is 4.99. The predicted octanol–water partition coefficient (Wildman–Crippen LogP) is 4.40. The van der Waals surface area contributed by atoms with Gasteiger partial charge in [-0.3, -0.25) is 4.79 Å². The zero-order valence-corrected chi connectivity index (χ0v) is 19.0. The molecular weight excluding hydrogens is 430 g/mol. The fraction of sp³-hybridized carbons (Fsp3) is 0.148. The van der Waals surface area contributed by atoms with Gasteiger partial charge in [-0.15, -0.1) is 0 Å². The van der Waals surface area contributed by atoms with Crippen LogP contribution in [0.25, 0.3) is 11.3 Å². The maximum atomic E-state index is 13.4. The van der Waals surface area contributed by atoms with Crippen LogP contribution in [0.15, 0.2) is 94.9 Å². The second kappa shape index (κ2) is 10.5. The van der Waals surface area contributed by atoms with Crippen LogP contribution >= 0.6 is 0 Å². The normalized spacial score (nSPS) is 11.3. The van der Waals surface area contributed by atoms with Gasteiger partial charge in [0.2, 0.25) is 0 Å². The van der Waals surface area contributed by atoms with Crippen LogP contribution < -0.4 is 15.0 Å². The fourth-order valence-corrected chi connectivity index (χ4v) is 3.74. The number of hydrogen-bond donors (Lipinski definition) is 1. The topological polar surface area (TPSA) is 85.9 Å². The summed E-state index contributed by atoms with van der Waals surface area (Å²) < 4.78 is 12.1. The molecule has 3 aromatic carbocycles. The molecule has 4 aromatic rings. The summed E-state index contributed by atoms with van der Waals surface area (Å²) in [6, 6.07) is 26.3. The number of ether oxygens (including phenoxy) is 2. The van der Waals surface area contributed by atoms with Crippen molar-refractivity contribution in [3.63, 3.8) is 0 Å². The first-order chi connectivity index (χ1) is 16.6. The molecule has 0 saturated heterocycles. The van der Waals surface area contributed by atoms with E-state index in [4.69, 9.17) is 9.47 Å². The van der Waals surface area contributed by atoms with E-state index in [0.29, 0.717) is 40.5 Å². The first-order valence-electron chi connectivity index (χ1n) is 10.8. The molecule has 1 heterocycles. The summed E-state index contributed by atoms with van der Waals surface area (Å²) >= 11 is 0. The van der Waals surface area contributed by atoms with Crippen molar-refractivity contribution >= 4 is 5.71 Å². The molecule has 1 N–H and O–H groups in total. The molecule has 0 aliphatic rings. The lowest BCUT2D eigenvalue weighted by Crippen LogP contribution is -2.30. The Balaban J connectivity index is 1.78. The van der Waals surface area contributed by atoms with Gasteiger partial charge in [-0.2, -0.15) is 5.10 Å². The van der Waals surface area contributed by atoms with E-state index in [1.807, 2.05) is 84.9 Å². The largest absolute Gasteiger partial charge is 0.493 e. The Morgan fingerprint density at radius 1 is 0.912 bits per heavy atom. The van der Waals surface area contributed by atoms with Crippen LogP contribution in [-0.2, 0) is 13.0 Å². The van der Waals surface area contributed by atoms with Crippen molar-refractivity contribution in [2.24, 2.45) is 5.16 Å². The highest BCUT2D eigenvalue weighted by molar-refractivity contribution is 5.99. The quantitative estimate of drug-likeness (QED) is 0.242. The third-order valence-electron chi connectivity index (χ3n) is 5.49. The van der Waals surface area contributed by atoms with Crippen LogP contribution in [0.2, 0.25) is 0 Å². The Hall–Kier alpha value is -4.39. The lowest BCUT2D eigenvalue weighted by molar-refractivity contribution is 0.317. The van der Waals surface area contributed by atoms with Crippen molar-refractivity contribution < 1.29 is 14.7 Å². The monoisotopic (exact) mass is 455 g/mol. The predicted molar refractivity (Wildman–Crippen MR) is 131 cm³/mol. The Kier molecular flexibility index (Phi) is 7.03. The SMILES string of the molecule is COc1ccc(Cc2cc(-c3ccccc3)nn(C/C(=N/O)c3ccccc3)c2=O)cc1OC. The number of oxime groups is 1. The lowest BCUT2D eigenvalue weighted by Gasteiger charge is -2.13. The number of hydrogen-bond acceptors (Lipinski definition) is 6. The van der Waals surface area contributed by atoms with Gasteiger partial charge in [0.1, 0.15) is 5.71 Å². The Morgan fingerprint density at radius 3 is 2.24 bits per heavy atom. The van der Waals surface area contributed by atoms with Crippen LogP contribution in [0.5, 0.6) is 11.5 Å². The zero-order valence-electron chi connectivity index (χ0n) is 19.0. The summed E-state index contributed by atoms with van der Waals surface area (Å²) in [6.45, 7) is 0.0267. The maximum absolute atomic E-state index is 13.4. The van der Waals surface area contributed by atoms with E-state index < -0.39 is 0 Å². The summed E-state index contributed by atoms with van der Waals surface area (Å²) in [7, 11) is 3.16. The van der Waals surface area contributed by atoms with Gasteiger partial charge in [0.25, 0.3) is 5.56 Å². The highest BCUT2D eigenvalue weighted by atomic mass is 16.5. The maximum Gasteiger partial charge on any atom is 0.270 e. The number of benzene rings is 3. The highest BCUT2D eigenvalue weighted by Gasteiger charge is 2.15. The van der Waals surface area contributed by atoms with Gasteiger partial charge in [-0.1, -0.05) is 71.9 Å². The number of nitrogens with zero attached hydrogens (tertiary/aromatic N) is 3. The number of rotatable bonds is 8. The van der Waals surface area contributed by atoms with E-state index in [2.05, 4.69) is 10.3 Å². The van der Waals surface area contributed by atoms with Crippen LogP contribution in [-0.4, -0.2) is 34.9 Å². The molecular formula is C27H25N3O4. The fourth-order valence-electron chi connectivity index (χ4n) is 3.74. The van der Waals surface area contributed by atoms with Crippen molar-refractivity contribution in [3.8, 4) is 22.8 Å². The summed E-state index contributed by atoms with van der Waals surface area (Å²) in [5.41, 5.74) is 3.79. The minimum absolute atomic E-state index is 0.0267. The van der Waals surface area contributed by atoms with Crippen LogP contribution in [0.3, 0.4) is 0 Å². The zero-order chi connectivity index (χ0) is 23.9. The van der Waals surface area contributed by atoms with Crippen LogP contribution in [0.4, 0.5) is 0 Å². The first kappa shape index (κ1) is 22.8. The van der Waals surface area contributed by atoms with Crippen molar-refractivity contribution in [2.45, 2.75) is 13.0 Å². The molecule has 0 unspecified atom stereocenters. The van der Waals surface area contributed by atoms with E-state index in [0.717, 1.165) is 11.1 Å². The highest BCUT2D eigenvalue weighted by Crippen LogP contribution is 2.28. The standard InChI is InChI=1S/C27H25N3O4/c1-33-25-14-13-19(16-26(25)34-2)15-22-17-23(20-9-5-3-6-10-20)28-30(27(22)31)18-24(29-32)21-11-7-4-8-12-21/h3-14,16-17,32H,15,18H2,1-2H3/b29-24-. The van der Waals surface area contributed by atoms with Crippen molar-refractivity contribution in [2.75, 3.05) is 14.2 Å². The van der Waals surface area contributed by atoms with Crippen LogP contribution in [0.1, 0.15) is 16.7 Å². The molecule has 0 saturated carbocycles. The average molecular weight is 456 g/mol. The molecule has 0 spiro atoms. The van der Waals surface area contributed by atoms with Crippen molar-refractivity contribution in [3.05, 3.63) is 112 Å². The molecule has 0 bridgehead atoms. The van der Waals surface area contributed by atoms with E-state index >= 15 is 0 Å². The smallest absolute Gasteiger partial charge is 0.270 e. The van der Waals surface area contributed by atoms with Gasteiger partial charge in [0.15, 0.2) is 11.5 Å². The summed E-state index contributed by atoms with van der Waals surface area (Å²) in [5.74, 6) is 1.21. The molecule has 0 aliphatic heterocycles. The molecule has 34 heavy (non-hydrogen) atoms. The van der Waals surface area contributed by atoms with Gasteiger partial charge in [-0.25, -0.2) is 4.68 Å². The van der Waals surface area contributed by atoms with Gasteiger partial charge < -0.3 is 14.7 Å². The Morgan fingerprint density at radius 2 is 1.59 bits per heavy atom. The minimum Gasteiger partial charge on any atom is -0.493 e. The molecule has 1 aromatic heterocycles. The molecule has 7 heteroatoms. The van der Waals surface area contributed by atoms with Gasteiger partial charge in [0.05, 0.1) is 26.5 Å². The molecule has 7 nitrogen and oxygen atoms in total. The van der Waals surface area contributed by atoms with Gasteiger partial charge in [0, 0.05) is 23.1 Å². The Bertz CT molecular complexity index is 1350. The summed E-state index contributed by atoms with van der Waals surface area (Å²) in [5, 5.41) is 17.7. The summed E-state index contributed by atoms with van der Waals surface area (Å²) in [6.07, 6.45) is 0.373. The molecule has 0 atom stereocenters. The number of methoxy groups -OCH3 is 2. The number of aromatic nitrogens is 2. The first-order valence-corrected chi connectivity index (χ1v) is 10.8. The minimum atomic E-state index is -0.258. The van der Waals surface area contributed by atoms with E-state index in [1.165, 1.54) is 4.68 Å². The average Bonchev–Trinajstić information content (AvgIpc) is 2.90. The molecule has 4 rings (SSSR count). The van der Waals surface area contributed by atoms with Crippen LogP contribution in [0, 0.1) is 0 Å². The second-order valence-corrected chi connectivity index (χ2v) is 7.66. The Labute approximate surface area is 197 Å².